The van der Waals surface area contributed by atoms with Crippen molar-refractivity contribution in [3.63, 3.8) is 0 Å². The summed E-state index contributed by atoms with van der Waals surface area (Å²) in [5.41, 5.74) is 2.61. The molecule has 1 heterocycles. The molecule has 0 bridgehead atoms. The van der Waals surface area contributed by atoms with Crippen LogP contribution < -0.4 is 0 Å². The standard InChI is InChI=1S/C18H16F3NO2S/c1-2-25(23,24)22-10-9-14-3-4-15(11-16(14)12-22)13-5-7-17(8-6-13)18(19,20)21/h2-8,11H,1,9-10,12H2. The summed E-state index contributed by atoms with van der Waals surface area (Å²) < 4.78 is 63.2. The topological polar surface area (TPSA) is 37.4 Å². The van der Waals surface area contributed by atoms with Gasteiger partial charge in [-0.3, -0.25) is 0 Å². The molecule has 2 aromatic carbocycles. The highest BCUT2D eigenvalue weighted by molar-refractivity contribution is 7.91. The zero-order valence-corrected chi connectivity index (χ0v) is 14.1. The van der Waals surface area contributed by atoms with Crippen molar-refractivity contribution in [1.82, 2.24) is 4.31 Å². The van der Waals surface area contributed by atoms with Gasteiger partial charge >= 0.3 is 6.18 Å². The van der Waals surface area contributed by atoms with Gasteiger partial charge in [-0.2, -0.15) is 17.5 Å². The Morgan fingerprint density at radius 3 is 2.24 bits per heavy atom. The van der Waals surface area contributed by atoms with E-state index in [9.17, 15) is 21.6 Å². The lowest BCUT2D eigenvalue weighted by Gasteiger charge is -2.27. The fraction of sp³-hybridized carbons (Fsp3) is 0.222. The Morgan fingerprint density at radius 1 is 1.00 bits per heavy atom. The third-order valence-electron chi connectivity index (χ3n) is 4.30. The van der Waals surface area contributed by atoms with Crippen LogP contribution >= 0.6 is 0 Å². The maximum absolute atomic E-state index is 12.7. The number of hydrogen-bond acceptors (Lipinski definition) is 2. The number of fused-ring (bicyclic) bond motifs is 1. The predicted molar refractivity (Wildman–Crippen MR) is 90.1 cm³/mol. The summed E-state index contributed by atoms with van der Waals surface area (Å²) in [4.78, 5) is 0. The van der Waals surface area contributed by atoms with Crippen LogP contribution in [0.2, 0.25) is 0 Å². The largest absolute Gasteiger partial charge is 0.416 e. The SMILES string of the molecule is C=CS(=O)(=O)N1CCc2ccc(-c3ccc(C(F)(F)F)cc3)cc2C1. The smallest absolute Gasteiger partial charge is 0.208 e. The van der Waals surface area contributed by atoms with Crippen molar-refractivity contribution in [3.05, 3.63) is 71.1 Å². The average Bonchev–Trinajstić information content (AvgIpc) is 2.60. The molecule has 1 aliphatic rings. The van der Waals surface area contributed by atoms with E-state index in [1.165, 1.54) is 16.4 Å². The molecule has 0 N–H and O–H groups in total. The molecule has 1 aliphatic heterocycles. The lowest BCUT2D eigenvalue weighted by atomic mass is 9.95. The van der Waals surface area contributed by atoms with Gasteiger partial charge in [-0.1, -0.05) is 30.8 Å². The van der Waals surface area contributed by atoms with Crippen LogP contribution in [0.25, 0.3) is 11.1 Å². The normalized spacial score (nSPS) is 15.6. The molecule has 0 unspecified atom stereocenters. The summed E-state index contributed by atoms with van der Waals surface area (Å²) in [6.45, 7) is 3.96. The quantitative estimate of drug-likeness (QED) is 0.815. The molecule has 0 saturated heterocycles. The summed E-state index contributed by atoms with van der Waals surface area (Å²) in [6, 6.07) is 10.5. The highest BCUT2D eigenvalue weighted by atomic mass is 32.2. The lowest BCUT2D eigenvalue weighted by Crippen LogP contribution is -2.34. The summed E-state index contributed by atoms with van der Waals surface area (Å²) >= 11 is 0. The molecular weight excluding hydrogens is 351 g/mol. The molecule has 0 saturated carbocycles. The van der Waals surface area contributed by atoms with Crippen molar-refractivity contribution >= 4 is 10.0 Å². The molecule has 0 amide bonds. The Morgan fingerprint density at radius 2 is 1.64 bits per heavy atom. The Labute approximate surface area is 144 Å². The van der Waals surface area contributed by atoms with Crippen LogP contribution in [0.1, 0.15) is 16.7 Å². The number of rotatable bonds is 3. The van der Waals surface area contributed by atoms with Crippen LogP contribution in [0.5, 0.6) is 0 Å². The molecule has 3 nitrogen and oxygen atoms in total. The van der Waals surface area contributed by atoms with Crippen LogP contribution in [0.15, 0.2) is 54.5 Å². The van der Waals surface area contributed by atoms with E-state index in [-0.39, 0.29) is 6.54 Å². The van der Waals surface area contributed by atoms with Crippen LogP contribution in [-0.4, -0.2) is 19.3 Å². The van der Waals surface area contributed by atoms with Crippen LogP contribution in [0.4, 0.5) is 13.2 Å². The van der Waals surface area contributed by atoms with Crippen molar-refractivity contribution in [2.24, 2.45) is 0 Å². The van der Waals surface area contributed by atoms with Gasteiger partial charge in [0.2, 0.25) is 10.0 Å². The first-order chi connectivity index (χ1) is 11.7. The predicted octanol–water partition coefficient (Wildman–Crippen LogP) is 4.20. The molecule has 0 radical (unpaired) electrons. The van der Waals surface area contributed by atoms with Gasteiger partial charge in [-0.05, 0) is 46.9 Å². The van der Waals surface area contributed by atoms with E-state index in [1.54, 1.807) is 0 Å². The number of alkyl halides is 3. The van der Waals surface area contributed by atoms with Gasteiger partial charge in [-0.15, -0.1) is 0 Å². The van der Waals surface area contributed by atoms with Crippen molar-refractivity contribution in [1.29, 1.82) is 0 Å². The van der Waals surface area contributed by atoms with Gasteiger partial charge in [0.15, 0.2) is 0 Å². The summed E-state index contributed by atoms with van der Waals surface area (Å²) in [6.07, 6.45) is -3.77. The Balaban J connectivity index is 1.91. The molecule has 0 aromatic heterocycles. The molecule has 2 aromatic rings. The Bertz CT molecular complexity index is 903. The maximum atomic E-state index is 12.7. The molecular formula is C18H16F3NO2S. The molecule has 7 heteroatoms. The molecule has 3 rings (SSSR count). The Kier molecular flexibility index (Phi) is 4.47. The van der Waals surface area contributed by atoms with Gasteiger partial charge < -0.3 is 0 Å². The summed E-state index contributed by atoms with van der Waals surface area (Å²) in [5.74, 6) is 0. The van der Waals surface area contributed by atoms with E-state index in [1.807, 2.05) is 18.2 Å². The Hall–Kier alpha value is -2.12. The second kappa shape index (κ2) is 6.31. The number of benzene rings is 2. The van der Waals surface area contributed by atoms with Gasteiger partial charge in [0.25, 0.3) is 0 Å². The van der Waals surface area contributed by atoms with E-state index in [2.05, 4.69) is 6.58 Å². The van der Waals surface area contributed by atoms with E-state index >= 15 is 0 Å². The molecule has 0 atom stereocenters. The number of halogens is 3. The van der Waals surface area contributed by atoms with Crippen molar-refractivity contribution < 1.29 is 21.6 Å². The monoisotopic (exact) mass is 367 g/mol. The second-order valence-corrected chi connectivity index (χ2v) is 7.73. The molecule has 0 spiro atoms. The first-order valence-corrected chi connectivity index (χ1v) is 9.13. The average molecular weight is 367 g/mol. The third kappa shape index (κ3) is 3.62. The molecule has 0 fully saturated rings. The second-order valence-electron chi connectivity index (χ2n) is 5.85. The van der Waals surface area contributed by atoms with Crippen LogP contribution in [0, 0.1) is 0 Å². The molecule has 0 aliphatic carbocycles. The van der Waals surface area contributed by atoms with E-state index in [0.717, 1.165) is 34.2 Å². The summed E-state index contributed by atoms with van der Waals surface area (Å²) in [7, 11) is -3.49. The zero-order chi connectivity index (χ0) is 18.2. The first-order valence-electron chi connectivity index (χ1n) is 7.63. The fourth-order valence-corrected chi connectivity index (χ4v) is 3.76. The molecule has 25 heavy (non-hydrogen) atoms. The van der Waals surface area contributed by atoms with Gasteiger partial charge in [0.05, 0.1) is 5.56 Å². The lowest BCUT2D eigenvalue weighted by molar-refractivity contribution is -0.137. The van der Waals surface area contributed by atoms with Gasteiger partial charge in [-0.25, -0.2) is 8.42 Å². The number of sulfonamides is 1. The zero-order valence-electron chi connectivity index (χ0n) is 13.3. The van der Waals surface area contributed by atoms with Crippen molar-refractivity contribution in [2.75, 3.05) is 6.54 Å². The highest BCUT2D eigenvalue weighted by Crippen LogP contribution is 2.32. The van der Waals surface area contributed by atoms with Crippen LogP contribution in [-0.2, 0) is 29.2 Å². The highest BCUT2D eigenvalue weighted by Gasteiger charge is 2.30. The van der Waals surface area contributed by atoms with Gasteiger partial charge in [0, 0.05) is 18.5 Å². The van der Waals surface area contributed by atoms with Crippen molar-refractivity contribution in [3.8, 4) is 11.1 Å². The number of hydrogen-bond donors (Lipinski definition) is 0. The molecule has 132 valence electrons. The minimum Gasteiger partial charge on any atom is -0.208 e. The van der Waals surface area contributed by atoms with E-state index in [0.29, 0.717) is 18.5 Å². The van der Waals surface area contributed by atoms with E-state index in [4.69, 9.17) is 0 Å². The minimum atomic E-state index is -4.37. The number of nitrogens with zero attached hydrogens (tertiary/aromatic N) is 1. The van der Waals surface area contributed by atoms with Crippen LogP contribution in [0.3, 0.4) is 0 Å². The van der Waals surface area contributed by atoms with Crippen molar-refractivity contribution in [2.45, 2.75) is 19.1 Å². The van der Waals surface area contributed by atoms with E-state index < -0.39 is 21.8 Å². The first kappa shape index (κ1) is 17.7. The fourth-order valence-electron chi connectivity index (χ4n) is 2.89. The maximum Gasteiger partial charge on any atom is 0.416 e. The minimum absolute atomic E-state index is 0.234. The van der Waals surface area contributed by atoms with Gasteiger partial charge in [0.1, 0.15) is 0 Å². The third-order valence-corrected chi connectivity index (χ3v) is 5.75. The summed E-state index contributed by atoms with van der Waals surface area (Å²) in [5, 5.41) is 0.928.